The summed E-state index contributed by atoms with van der Waals surface area (Å²) in [6.45, 7) is 5.73. The molecule has 20 heavy (non-hydrogen) atoms. The molecule has 1 aliphatic rings. The van der Waals surface area contributed by atoms with E-state index in [1.54, 1.807) is 0 Å². The van der Waals surface area contributed by atoms with Crippen molar-refractivity contribution in [3.63, 3.8) is 0 Å². The van der Waals surface area contributed by atoms with Crippen LogP contribution >= 0.6 is 0 Å². The molecule has 0 spiro atoms. The third-order valence-electron chi connectivity index (χ3n) is 4.10. The van der Waals surface area contributed by atoms with Crippen LogP contribution in [0.25, 0.3) is 0 Å². The van der Waals surface area contributed by atoms with Crippen molar-refractivity contribution < 1.29 is 13.9 Å². The summed E-state index contributed by atoms with van der Waals surface area (Å²) in [4.78, 5) is 4.55. The largest absolute Gasteiger partial charge is 0.388 e. The van der Waals surface area contributed by atoms with Gasteiger partial charge in [-0.15, -0.1) is 0 Å². The van der Waals surface area contributed by atoms with E-state index in [1.165, 1.54) is 12.1 Å². The monoisotopic (exact) mass is 284 g/mol. The Labute approximate surface area is 118 Å². The maximum Gasteiger partial charge on any atom is 0.164 e. The molecule has 0 radical (unpaired) electrons. The molecule has 0 bridgehead atoms. The molecular weight excluding hydrogens is 262 g/mol. The van der Waals surface area contributed by atoms with Crippen LogP contribution in [0.15, 0.2) is 18.2 Å². The summed E-state index contributed by atoms with van der Waals surface area (Å²) in [6.07, 6.45) is -0.544. The van der Waals surface area contributed by atoms with Crippen LogP contribution in [-0.4, -0.2) is 54.2 Å². The lowest BCUT2D eigenvalue weighted by Crippen LogP contribution is -2.50. The van der Waals surface area contributed by atoms with E-state index in [1.807, 2.05) is 0 Å². The fourth-order valence-electron chi connectivity index (χ4n) is 2.57. The van der Waals surface area contributed by atoms with Gasteiger partial charge in [-0.3, -0.25) is 0 Å². The highest BCUT2D eigenvalue weighted by Crippen LogP contribution is 2.22. The second kappa shape index (κ2) is 6.61. The maximum absolute atomic E-state index is 13.6. The standard InChI is InChI=1S/C15H22F2N2O/c1-11-10-19(9-8-18(11)2)7-6-14(20)12-4-3-5-13(16)15(12)17/h3-5,11,14,20H,6-10H2,1-2H3. The van der Waals surface area contributed by atoms with Crippen molar-refractivity contribution in [1.82, 2.24) is 9.80 Å². The fraction of sp³-hybridized carbons (Fsp3) is 0.600. The second-order valence-corrected chi connectivity index (χ2v) is 5.58. The lowest BCUT2D eigenvalue weighted by Gasteiger charge is -2.38. The Bertz CT molecular complexity index is 455. The number of hydrogen-bond acceptors (Lipinski definition) is 3. The van der Waals surface area contributed by atoms with E-state index in [9.17, 15) is 13.9 Å². The SMILES string of the molecule is CC1CN(CCC(O)c2cccc(F)c2F)CCN1C. The zero-order valence-corrected chi connectivity index (χ0v) is 12.0. The van der Waals surface area contributed by atoms with E-state index >= 15 is 0 Å². The van der Waals surface area contributed by atoms with Gasteiger partial charge in [0, 0.05) is 37.8 Å². The summed E-state index contributed by atoms with van der Waals surface area (Å²) in [6, 6.07) is 4.41. The molecule has 112 valence electrons. The molecule has 0 amide bonds. The van der Waals surface area contributed by atoms with Crippen molar-refractivity contribution >= 4 is 0 Å². The molecular formula is C15H22F2N2O. The molecule has 5 heteroatoms. The van der Waals surface area contributed by atoms with Gasteiger partial charge in [0.15, 0.2) is 11.6 Å². The van der Waals surface area contributed by atoms with Gasteiger partial charge in [-0.1, -0.05) is 12.1 Å². The Kier molecular flexibility index (Phi) is 5.07. The van der Waals surface area contributed by atoms with Crippen molar-refractivity contribution in [3.05, 3.63) is 35.4 Å². The third-order valence-corrected chi connectivity index (χ3v) is 4.10. The van der Waals surface area contributed by atoms with Crippen LogP contribution in [0.2, 0.25) is 0 Å². The van der Waals surface area contributed by atoms with E-state index in [0.29, 0.717) is 19.0 Å². The van der Waals surface area contributed by atoms with E-state index in [2.05, 4.69) is 23.8 Å². The number of likely N-dealkylation sites (N-methyl/N-ethyl adjacent to an activating group) is 1. The van der Waals surface area contributed by atoms with Gasteiger partial charge in [0.05, 0.1) is 6.10 Å². The molecule has 2 atom stereocenters. The van der Waals surface area contributed by atoms with E-state index in [4.69, 9.17) is 0 Å². The number of piperazine rings is 1. The first-order chi connectivity index (χ1) is 9.49. The summed E-state index contributed by atoms with van der Waals surface area (Å²) in [5, 5.41) is 10.0. The van der Waals surface area contributed by atoms with Gasteiger partial charge in [-0.25, -0.2) is 8.78 Å². The highest BCUT2D eigenvalue weighted by molar-refractivity contribution is 5.21. The molecule has 1 saturated heterocycles. The van der Waals surface area contributed by atoms with Crippen LogP contribution in [0.4, 0.5) is 8.78 Å². The maximum atomic E-state index is 13.6. The Balaban J connectivity index is 1.89. The zero-order chi connectivity index (χ0) is 14.7. The minimum Gasteiger partial charge on any atom is -0.388 e. The summed E-state index contributed by atoms with van der Waals surface area (Å²) in [5.74, 6) is -1.85. The van der Waals surface area contributed by atoms with Gasteiger partial charge in [-0.2, -0.15) is 0 Å². The van der Waals surface area contributed by atoms with Gasteiger partial charge >= 0.3 is 0 Å². The zero-order valence-electron chi connectivity index (χ0n) is 12.0. The molecule has 1 heterocycles. The van der Waals surface area contributed by atoms with Crippen LogP contribution < -0.4 is 0 Å². The Morgan fingerprint density at radius 2 is 2.10 bits per heavy atom. The van der Waals surface area contributed by atoms with Crippen molar-refractivity contribution in [2.45, 2.75) is 25.5 Å². The molecule has 1 fully saturated rings. The van der Waals surface area contributed by atoms with Gasteiger partial charge in [0.25, 0.3) is 0 Å². The van der Waals surface area contributed by atoms with Gasteiger partial charge in [0.1, 0.15) is 0 Å². The molecule has 0 aromatic heterocycles. The third kappa shape index (κ3) is 3.53. The fourth-order valence-corrected chi connectivity index (χ4v) is 2.57. The molecule has 1 aliphatic heterocycles. The first-order valence-electron chi connectivity index (χ1n) is 7.03. The van der Waals surface area contributed by atoms with E-state index < -0.39 is 17.7 Å². The smallest absolute Gasteiger partial charge is 0.164 e. The molecule has 2 unspecified atom stereocenters. The minimum atomic E-state index is -0.958. The first kappa shape index (κ1) is 15.4. The van der Waals surface area contributed by atoms with Crippen molar-refractivity contribution in [2.75, 3.05) is 33.2 Å². The van der Waals surface area contributed by atoms with Gasteiger partial charge in [-0.05, 0) is 26.5 Å². The molecule has 1 aromatic rings. The topological polar surface area (TPSA) is 26.7 Å². The Hall–Kier alpha value is -1.04. The normalized spacial score (nSPS) is 22.9. The quantitative estimate of drug-likeness (QED) is 0.916. The lowest BCUT2D eigenvalue weighted by atomic mass is 10.0. The average molecular weight is 284 g/mol. The van der Waals surface area contributed by atoms with Crippen molar-refractivity contribution in [1.29, 1.82) is 0 Å². The minimum absolute atomic E-state index is 0.0483. The van der Waals surface area contributed by atoms with Gasteiger partial charge in [0.2, 0.25) is 0 Å². The summed E-state index contributed by atoms with van der Waals surface area (Å²) in [5.41, 5.74) is 0.0483. The number of nitrogens with zero attached hydrogens (tertiary/aromatic N) is 2. The predicted octanol–water partition coefficient (Wildman–Crippen LogP) is 2.02. The summed E-state index contributed by atoms with van der Waals surface area (Å²) in [7, 11) is 2.10. The number of aliphatic hydroxyl groups is 1. The van der Waals surface area contributed by atoms with Gasteiger partial charge < -0.3 is 14.9 Å². The van der Waals surface area contributed by atoms with Crippen LogP contribution in [-0.2, 0) is 0 Å². The Morgan fingerprint density at radius 3 is 2.80 bits per heavy atom. The van der Waals surface area contributed by atoms with Crippen LogP contribution in [0.1, 0.15) is 25.0 Å². The van der Waals surface area contributed by atoms with Crippen molar-refractivity contribution in [2.24, 2.45) is 0 Å². The molecule has 2 rings (SSSR count). The average Bonchev–Trinajstić information content (AvgIpc) is 2.43. The Morgan fingerprint density at radius 1 is 1.35 bits per heavy atom. The van der Waals surface area contributed by atoms with Crippen LogP contribution in [0, 0.1) is 11.6 Å². The predicted molar refractivity (Wildman–Crippen MR) is 74.5 cm³/mol. The molecule has 1 N–H and O–H groups in total. The van der Waals surface area contributed by atoms with Crippen LogP contribution in [0.5, 0.6) is 0 Å². The molecule has 0 saturated carbocycles. The molecule has 1 aromatic carbocycles. The molecule has 3 nitrogen and oxygen atoms in total. The second-order valence-electron chi connectivity index (χ2n) is 5.58. The number of hydrogen-bond donors (Lipinski definition) is 1. The number of aliphatic hydroxyl groups excluding tert-OH is 1. The van der Waals surface area contributed by atoms with E-state index in [-0.39, 0.29) is 5.56 Å². The highest BCUT2D eigenvalue weighted by atomic mass is 19.2. The lowest BCUT2D eigenvalue weighted by molar-refractivity contribution is 0.0828. The summed E-state index contributed by atoms with van der Waals surface area (Å²) >= 11 is 0. The van der Waals surface area contributed by atoms with Crippen molar-refractivity contribution in [3.8, 4) is 0 Å². The molecule has 0 aliphatic carbocycles. The van der Waals surface area contributed by atoms with E-state index in [0.717, 1.165) is 25.7 Å². The number of rotatable bonds is 4. The number of benzene rings is 1. The first-order valence-corrected chi connectivity index (χ1v) is 7.03. The number of halogens is 2. The highest BCUT2D eigenvalue weighted by Gasteiger charge is 2.22. The van der Waals surface area contributed by atoms with Crippen LogP contribution in [0.3, 0.4) is 0 Å². The summed E-state index contributed by atoms with van der Waals surface area (Å²) < 4.78 is 26.7.